The first-order chi connectivity index (χ1) is 11.4. The van der Waals surface area contributed by atoms with Crippen LogP contribution in [0.1, 0.15) is 43.4 Å². The monoisotopic (exact) mass is 329 g/mol. The van der Waals surface area contributed by atoms with Gasteiger partial charge in [0, 0.05) is 18.0 Å². The summed E-state index contributed by atoms with van der Waals surface area (Å²) < 4.78 is 34.4. The van der Waals surface area contributed by atoms with Crippen molar-refractivity contribution in [2.24, 2.45) is 5.41 Å². The van der Waals surface area contributed by atoms with Crippen LogP contribution in [-0.2, 0) is 6.54 Å². The van der Waals surface area contributed by atoms with Gasteiger partial charge in [-0.05, 0) is 28.7 Å². The molecule has 4 heteroatoms. The lowest BCUT2D eigenvalue weighted by Gasteiger charge is -2.35. The first-order valence-electron chi connectivity index (χ1n) is 8.35. The number of anilines is 1. The number of nitrogens with zero attached hydrogens (tertiary/aromatic N) is 1. The molecule has 0 fully saturated rings. The minimum atomic E-state index is -0.777. The molecule has 2 nitrogen and oxygen atoms in total. The van der Waals surface area contributed by atoms with Crippen LogP contribution in [0, 0.1) is 17.0 Å². The Kier molecular flexibility index (Phi) is 3.34. The second-order valence-electron chi connectivity index (χ2n) is 7.69. The number of hydrogen-bond donors (Lipinski definition) is 0. The Balaban J connectivity index is 2.05. The van der Waals surface area contributed by atoms with Crippen LogP contribution in [0.4, 0.5) is 14.5 Å². The Labute approximate surface area is 141 Å². The van der Waals surface area contributed by atoms with Gasteiger partial charge in [-0.3, -0.25) is 0 Å². The highest BCUT2D eigenvalue weighted by atomic mass is 19.2. The Morgan fingerprint density at radius 3 is 2.62 bits per heavy atom. The Morgan fingerprint density at radius 1 is 1.08 bits per heavy atom. The first-order valence-corrected chi connectivity index (χ1v) is 8.35. The summed E-state index contributed by atoms with van der Waals surface area (Å²) in [4.78, 5) is 2.13. The van der Waals surface area contributed by atoms with Crippen molar-refractivity contribution in [3.05, 3.63) is 58.7 Å². The maximum Gasteiger partial charge on any atom is 0.164 e. The predicted octanol–water partition coefficient (Wildman–Crippen LogP) is 4.86. The molecule has 2 aromatic carbocycles. The molecule has 0 saturated heterocycles. The van der Waals surface area contributed by atoms with Gasteiger partial charge in [0.2, 0.25) is 0 Å². The molecule has 0 aromatic heterocycles. The molecule has 1 atom stereocenters. The molecule has 0 aliphatic carbocycles. The number of hydrogen-bond acceptors (Lipinski definition) is 2. The summed E-state index contributed by atoms with van der Waals surface area (Å²) in [6.45, 7) is 8.03. The third-order valence-electron chi connectivity index (χ3n) is 5.03. The molecule has 0 saturated carbocycles. The van der Waals surface area contributed by atoms with Gasteiger partial charge in [0.25, 0.3) is 0 Å². The second-order valence-corrected chi connectivity index (χ2v) is 7.69. The minimum absolute atomic E-state index is 0.0238. The molecule has 4 rings (SSSR count). The van der Waals surface area contributed by atoms with Gasteiger partial charge < -0.3 is 9.64 Å². The summed E-state index contributed by atoms with van der Waals surface area (Å²) in [7, 11) is 0. The molecule has 2 aliphatic heterocycles. The third-order valence-corrected chi connectivity index (χ3v) is 5.03. The summed E-state index contributed by atoms with van der Waals surface area (Å²) in [5.74, 6) is -0.686. The van der Waals surface area contributed by atoms with Crippen molar-refractivity contribution in [2.75, 3.05) is 18.1 Å². The predicted molar refractivity (Wildman–Crippen MR) is 90.6 cm³/mol. The molecular weight excluding hydrogens is 308 g/mol. The van der Waals surface area contributed by atoms with Crippen LogP contribution in [0.25, 0.3) is 0 Å². The van der Waals surface area contributed by atoms with Crippen molar-refractivity contribution in [2.45, 2.75) is 33.2 Å². The SMILES string of the molecule is CC(C)(C)C1c2ccc(F)c(F)c2CN2CCOc3cccc1c32. The van der Waals surface area contributed by atoms with Gasteiger partial charge in [0.1, 0.15) is 12.4 Å². The number of benzene rings is 2. The summed E-state index contributed by atoms with van der Waals surface area (Å²) >= 11 is 0. The van der Waals surface area contributed by atoms with E-state index in [0.717, 1.165) is 22.6 Å². The van der Waals surface area contributed by atoms with Crippen molar-refractivity contribution in [1.82, 2.24) is 0 Å². The van der Waals surface area contributed by atoms with E-state index in [2.05, 4.69) is 31.7 Å². The van der Waals surface area contributed by atoms with E-state index in [9.17, 15) is 8.78 Å². The first kappa shape index (κ1) is 15.4. The van der Waals surface area contributed by atoms with Crippen molar-refractivity contribution >= 4 is 5.69 Å². The summed E-state index contributed by atoms with van der Waals surface area (Å²) in [6.07, 6.45) is 0. The zero-order chi connectivity index (χ0) is 17.1. The smallest absolute Gasteiger partial charge is 0.164 e. The molecule has 0 amide bonds. The van der Waals surface area contributed by atoms with Gasteiger partial charge in [-0.1, -0.05) is 39.0 Å². The van der Waals surface area contributed by atoms with Gasteiger partial charge in [-0.25, -0.2) is 8.78 Å². The molecule has 0 N–H and O–H groups in total. The maximum atomic E-state index is 14.6. The lowest BCUT2D eigenvalue weighted by molar-refractivity contribution is 0.305. The van der Waals surface area contributed by atoms with Crippen LogP contribution in [0.3, 0.4) is 0 Å². The van der Waals surface area contributed by atoms with Gasteiger partial charge in [-0.2, -0.15) is 0 Å². The van der Waals surface area contributed by atoms with E-state index in [-0.39, 0.29) is 11.3 Å². The number of rotatable bonds is 0. The molecule has 1 unspecified atom stereocenters. The van der Waals surface area contributed by atoms with Gasteiger partial charge in [0.15, 0.2) is 11.6 Å². The van der Waals surface area contributed by atoms with Crippen molar-refractivity contribution in [1.29, 1.82) is 0 Å². The van der Waals surface area contributed by atoms with Gasteiger partial charge in [0.05, 0.1) is 12.2 Å². The topological polar surface area (TPSA) is 12.5 Å². The Morgan fingerprint density at radius 2 is 1.88 bits per heavy atom. The number of para-hydroxylation sites is 1. The van der Waals surface area contributed by atoms with Crippen LogP contribution < -0.4 is 9.64 Å². The van der Waals surface area contributed by atoms with Gasteiger partial charge in [-0.15, -0.1) is 0 Å². The van der Waals surface area contributed by atoms with E-state index in [4.69, 9.17) is 4.74 Å². The third kappa shape index (κ3) is 2.20. The standard InChI is InChI=1S/C20H21F2NO/c1-20(2,3)17-12-7-8-15(21)18(22)14(12)11-23-9-10-24-16-6-4-5-13(17)19(16)23/h4-8,17H,9-11H2,1-3H3. The maximum absolute atomic E-state index is 14.6. The average Bonchev–Trinajstić information content (AvgIpc) is 2.67. The lowest BCUT2D eigenvalue weighted by Crippen LogP contribution is -2.32. The fourth-order valence-electron chi connectivity index (χ4n) is 4.09. The quantitative estimate of drug-likeness (QED) is 0.685. The van der Waals surface area contributed by atoms with Crippen LogP contribution in [0.15, 0.2) is 30.3 Å². The summed E-state index contributed by atoms with van der Waals surface area (Å²) in [5, 5.41) is 0. The zero-order valence-electron chi connectivity index (χ0n) is 14.2. The zero-order valence-corrected chi connectivity index (χ0v) is 14.2. The molecule has 0 spiro atoms. The minimum Gasteiger partial charge on any atom is -0.490 e. The van der Waals surface area contributed by atoms with E-state index in [0.29, 0.717) is 25.3 Å². The molecule has 2 aromatic rings. The molecule has 0 radical (unpaired) electrons. The molecule has 2 aliphatic rings. The molecular formula is C20H21F2NO. The van der Waals surface area contributed by atoms with E-state index in [1.807, 2.05) is 12.1 Å². The van der Waals surface area contributed by atoms with E-state index >= 15 is 0 Å². The van der Waals surface area contributed by atoms with Crippen LogP contribution in [0.2, 0.25) is 0 Å². The van der Waals surface area contributed by atoms with Gasteiger partial charge >= 0.3 is 0 Å². The molecule has 2 heterocycles. The number of ether oxygens (including phenoxy) is 1. The number of halogens is 2. The number of fused-ring (bicyclic) bond motifs is 1. The van der Waals surface area contributed by atoms with Crippen molar-refractivity contribution in [3.8, 4) is 5.75 Å². The van der Waals surface area contributed by atoms with Crippen molar-refractivity contribution in [3.63, 3.8) is 0 Å². The highest BCUT2D eigenvalue weighted by molar-refractivity contribution is 5.69. The van der Waals surface area contributed by atoms with Crippen LogP contribution in [-0.4, -0.2) is 13.2 Å². The molecule has 126 valence electrons. The molecule has 0 bridgehead atoms. The molecule has 24 heavy (non-hydrogen) atoms. The van der Waals surface area contributed by atoms with E-state index < -0.39 is 11.6 Å². The average molecular weight is 329 g/mol. The van der Waals surface area contributed by atoms with Crippen LogP contribution in [0.5, 0.6) is 5.75 Å². The van der Waals surface area contributed by atoms with Crippen molar-refractivity contribution < 1.29 is 13.5 Å². The fraction of sp³-hybridized carbons (Fsp3) is 0.400. The summed E-state index contributed by atoms with van der Waals surface area (Å²) in [6, 6.07) is 9.04. The Hall–Kier alpha value is -2.10. The normalized spacial score (nSPS) is 19.2. The van der Waals surface area contributed by atoms with Crippen LogP contribution >= 0.6 is 0 Å². The highest BCUT2D eigenvalue weighted by Gasteiger charge is 2.38. The van der Waals surface area contributed by atoms with E-state index in [1.165, 1.54) is 6.07 Å². The lowest BCUT2D eigenvalue weighted by atomic mass is 9.71. The van der Waals surface area contributed by atoms with E-state index in [1.54, 1.807) is 6.07 Å². The fourth-order valence-corrected chi connectivity index (χ4v) is 4.09. The Bertz CT molecular complexity index is 810. The summed E-state index contributed by atoms with van der Waals surface area (Å²) in [5.41, 5.74) is 3.37. The highest BCUT2D eigenvalue weighted by Crippen LogP contribution is 2.51. The second kappa shape index (κ2) is 5.20. The largest absolute Gasteiger partial charge is 0.490 e.